The van der Waals surface area contributed by atoms with Crippen molar-refractivity contribution in [2.75, 3.05) is 10.6 Å². The number of imide groups is 1. The van der Waals surface area contributed by atoms with E-state index in [2.05, 4.69) is 10.6 Å². The van der Waals surface area contributed by atoms with Crippen LogP contribution in [0.2, 0.25) is 0 Å². The second kappa shape index (κ2) is 6.55. The number of urea groups is 1. The largest absolute Gasteiger partial charge is 0.323 e. The summed E-state index contributed by atoms with van der Waals surface area (Å²) in [5, 5.41) is 4.70. The minimum absolute atomic E-state index is 0.189. The molecular formula is C18H15F2N3O3. The highest BCUT2D eigenvalue weighted by Gasteiger charge is 2.37. The average molecular weight is 359 g/mol. The van der Waals surface area contributed by atoms with Crippen molar-refractivity contribution in [3.05, 3.63) is 59.2 Å². The van der Waals surface area contributed by atoms with E-state index < -0.39 is 23.6 Å². The molecule has 0 aliphatic carbocycles. The summed E-state index contributed by atoms with van der Waals surface area (Å²) in [5.41, 5.74) is 0.520. The van der Waals surface area contributed by atoms with E-state index in [1.807, 2.05) is 0 Å². The number of hydrogen-bond acceptors (Lipinski definition) is 3. The van der Waals surface area contributed by atoms with E-state index in [0.717, 1.165) is 17.0 Å². The van der Waals surface area contributed by atoms with Gasteiger partial charge in [0.2, 0.25) is 0 Å². The van der Waals surface area contributed by atoms with E-state index in [4.69, 9.17) is 0 Å². The Bertz CT molecular complexity index is 928. The predicted molar refractivity (Wildman–Crippen MR) is 91.1 cm³/mol. The summed E-state index contributed by atoms with van der Waals surface area (Å²) in [5.74, 6) is -2.49. The predicted octanol–water partition coefficient (Wildman–Crippen LogP) is 3.61. The molecule has 0 bridgehead atoms. The van der Waals surface area contributed by atoms with Gasteiger partial charge in [-0.1, -0.05) is 0 Å². The van der Waals surface area contributed by atoms with Crippen molar-refractivity contribution in [1.82, 2.24) is 4.90 Å². The molecule has 6 nitrogen and oxygen atoms in total. The van der Waals surface area contributed by atoms with Crippen molar-refractivity contribution < 1.29 is 23.2 Å². The number of benzene rings is 2. The molecule has 134 valence electrons. The number of fused-ring (bicyclic) bond motifs is 1. The zero-order valence-electron chi connectivity index (χ0n) is 14.0. The zero-order valence-corrected chi connectivity index (χ0v) is 14.0. The summed E-state index contributed by atoms with van der Waals surface area (Å²) in [6, 6.07) is 6.00. The smallest absolute Gasteiger partial charge is 0.308 e. The first kappa shape index (κ1) is 17.5. The Morgan fingerprint density at radius 3 is 2.31 bits per heavy atom. The van der Waals surface area contributed by atoms with Crippen LogP contribution >= 0.6 is 0 Å². The standard InChI is InChI=1S/C18H15F2N3O3/c1-9(2)23-16(24)12-5-4-11(8-13(12)17(23)25)21-18(26)22-15-6-3-10(19)7-14(15)20/h3-9H,1-2H3,(H2,21,22,26). The van der Waals surface area contributed by atoms with Gasteiger partial charge in [-0.2, -0.15) is 0 Å². The highest BCUT2D eigenvalue weighted by atomic mass is 19.1. The number of nitrogens with one attached hydrogen (secondary N) is 2. The van der Waals surface area contributed by atoms with Crippen molar-refractivity contribution in [2.24, 2.45) is 0 Å². The summed E-state index contributed by atoms with van der Waals surface area (Å²) < 4.78 is 26.5. The van der Waals surface area contributed by atoms with E-state index in [1.165, 1.54) is 18.2 Å². The molecule has 0 spiro atoms. The third-order valence-electron chi connectivity index (χ3n) is 3.87. The Kier molecular flexibility index (Phi) is 4.41. The lowest BCUT2D eigenvalue weighted by atomic mass is 10.1. The first-order valence-corrected chi connectivity index (χ1v) is 7.83. The van der Waals surface area contributed by atoms with E-state index >= 15 is 0 Å². The van der Waals surface area contributed by atoms with Gasteiger partial charge in [0.1, 0.15) is 11.6 Å². The first-order chi connectivity index (χ1) is 12.3. The minimum Gasteiger partial charge on any atom is -0.308 e. The summed E-state index contributed by atoms with van der Waals surface area (Å²) in [4.78, 5) is 37.7. The van der Waals surface area contributed by atoms with Crippen LogP contribution in [0.15, 0.2) is 36.4 Å². The highest BCUT2D eigenvalue weighted by Crippen LogP contribution is 2.27. The number of halogens is 2. The normalized spacial score (nSPS) is 13.2. The second-order valence-electron chi connectivity index (χ2n) is 6.04. The van der Waals surface area contributed by atoms with Crippen LogP contribution in [-0.4, -0.2) is 28.8 Å². The summed E-state index contributed by atoms with van der Waals surface area (Å²) in [6.07, 6.45) is 0. The van der Waals surface area contributed by atoms with Gasteiger partial charge in [-0.3, -0.25) is 14.5 Å². The van der Waals surface area contributed by atoms with Crippen LogP contribution in [0, 0.1) is 11.6 Å². The van der Waals surface area contributed by atoms with Gasteiger partial charge in [-0.05, 0) is 44.2 Å². The van der Waals surface area contributed by atoms with Crippen LogP contribution in [0.1, 0.15) is 34.6 Å². The SMILES string of the molecule is CC(C)N1C(=O)c2ccc(NC(=O)Nc3ccc(F)cc3F)cc2C1=O. The van der Waals surface area contributed by atoms with Crippen molar-refractivity contribution in [3.8, 4) is 0 Å². The number of rotatable bonds is 3. The third-order valence-corrected chi connectivity index (χ3v) is 3.87. The van der Waals surface area contributed by atoms with Gasteiger partial charge in [-0.25, -0.2) is 13.6 Å². The summed E-state index contributed by atoms with van der Waals surface area (Å²) >= 11 is 0. The molecule has 4 amide bonds. The number of carbonyl (C=O) groups is 3. The molecule has 0 aromatic heterocycles. The fourth-order valence-corrected chi connectivity index (χ4v) is 2.68. The Labute approximate surface area is 147 Å². The van der Waals surface area contributed by atoms with Crippen LogP contribution in [0.5, 0.6) is 0 Å². The average Bonchev–Trinajstić information content (AvgIpc) is 2.81. The van der Waals surface area contributed by atoms with Crippen LogP contribution in [0.25, 0.3) is 0 Å². The Morgan fingerprint density at radius 1 is 0.962 bits per heavy atom. The van der Waals surface area contributed by atoms with Crippen LogP contribution in [0.4, 0.5) is 25.0 Å². The zero-order chi connectivity index (χ0) is 19.0. The quantitative estimate of drug-likeness (QED) is 0.822. The molecule has 2 N–H and O–H groups in total. The Hall–Kier alpha value is -3.29. The molecule has 3 rings (SSSR count). The number of hydrogen-bond donors (Lipinski definition) is 2. The molecule has 8 heteroatoms. The summed E-state index contributed by atoms with van der Waals surface area (Å²) in [7, 11) is 0. The molecule has 0 fully saturated rings. The van der Waals surface area contributed by atoms with Crippen molar-refractivity contribution in [2.45, 2.75) is 19.9 Å². The molecule has 1 aliphatic heterocycles. The molecular weight excluding hydrogens is 344 g/mol. The topological polar surface area (TPSA) is 78.5 Å². The molecule has 0 saturated heterocycles. The molecule has 0 atom stereocenters. The lowest BCUT2D eigenvalue weighted by Gasteiger charge is -2.17. The van der Waals surface area contributed by atoms with Gasteiger partial charge >= 0.3 is 6.03 Å². The third kappa shape index (κ3) is 3.13. The number of nitrogens with zero attached hydrogens (tertiary/aromatic N) is 1. The molecule has 2 aromatic carbocycles. The van der Waals surface area contributed by atoms with Gasteiger partial charge in [0.05, 0.1) is 16.8 Å². The van der Waals surface area contributed by atoms with E-state index in [1.54, 1.807) is 13.8 Å². The van der Waals surface area contributed by atoms with Gasteiger partial charge in [0.25, 0.3) is 11.8 Å². The Balaban J connectivity index is 1.77. The van der Waals surface area contributed by atoms with E-state index in [-0.39, 0.29) is 34.5 Å². The fourth-order valence-electron chi connectivity index (χ4n) is 2.68. The number of amides is 4. The maximum atomic E-state index is 13.6. The summed E-state index contributed by atoms with van der Waals surface area (Å²) in [6.45, 7) is 3.46. The van der Waals surface area contributed by atoms with Crippen LogP contribution in [0.3, 0.4) is 0 Å². The molecule has 26 heavy (non-hydrogen) atoms. The van der Waals surface area contributed by atoms with Crippen molar-refractivity contribution in [3.63, 3.8) is 0 Å². The fraction of sp³-hybridized carbons (Fsp3) is 0.167. The Morgan fingerprint density at radius 2 is 1.65 bits per heavy atom. The van der Waals surface area contributed by atoms with Crippen LogP contribution in [-0.2, 0) is 0 Å². The lowest BCUT2D eigenvalue weighted by Crippen LogP contribution is -2.35. The van der Waals surface area contributed by atoms with Gasteiger partial charge < -0.3 is 10.6 Å². The first-order valence-electron chi connectivity index (χ1n) is 7.83. The number of carbonyl (C=O) groups excluding carboxylic acids is 3. The molecule has 1 heterocycles. The van der Waals surface area contributed by atoms with Crippen LogP contribution < -0.4 is 10.6 Å². The van der Waals surface area contributed by atoms with Crippen molar-refractivity contribution >= 4 is 29.2 Å². The molecule has 1 aliphatic rings. The number of anilines is 2. The molecule has 0 radical (unpaired) electrons. The maximum absolute atomic E-state index is 13.6. The van der Waals surface area contributed by atoms with Gasteiger partial charge in [0.15, 0.2) is 0 Å². The second-order valence-corrected chi connectivity index (χ2v) is 6.04. The highest BCUT2D eigenvalue weighted by molar-refractivity contribution is 6.22. The molecule has 2 aromatic rings. The van der Waals surface area contributed by atoms with Gasteiger partial charge in [-0.15, -0.1) is 0 Å². The molecule has 0 saturated carbocycles. The van der Waals surface area contributed by atoms with E-state index in [9.17, 15) is 23.2 Å². The van der Waals surface area contributed by atoms with E-state index in [0.29, 0.717) is 6.07 Å². The molecule has 0 unspecified atom stereocenters. The lowest BCUT2D eigenvalue weighted by molar-refractivity contribution is 0.0609. The maximum Gasteiger partial charge on any atom is 0.323 e. The van der Waals surface area contributed by atoms with Gasteiger partial charge in [0, 0.05) is 17.8 Å². The minimum atomic E-state index is -0.914. The monoisotopic (exact) mass is 359 g/mol. The van der Waals surface area contributed by atoms with Crippen molar-refractivity contribution in [1.29, 1.82) is 0 Å².